The molecule has 1 aromatic carbocycles. The molecule has 106 valence electrons. The second-order valence-electron chi connectivity index (χ2n) is 5.29. The Morgan fingerprint density at radius 3 is 2.90 bits per heavy atom. The Morgan fingerprint density at radius 2 is 2.10 bits per heavy atom. The van der Waals surface area contributed by atoms with Gasteiger partial charge in [-0.15, -0.1) is 0 Å². The fourth-order valence-corrected chi connectivity index (χ4v) is 3.11. The molecule has 5 nitrogen and oxygen atoms in total. The van der Waals surface area contributed by atoms with E-state index < -0.39 is 0 Å². The summed E-state index contributed by atoms with van der Waals surface area (Å²) in [4.78, 5) is 16.6. The van der Waals surface area contributed by atoms with Crippen LogP contribution in [0.2, 0.25) is 0 Å². The normalized spacial score (nSPS) is 23.9. The zero-order valence-electron chi connectivity index (χ0n) is 11.2. The number of ketones is 1. The first-order chi connectivity index (χ1) is 10.2. The van der Waals surface area contributed by atoms with Gasteiger partial charge in [-0.2, -0.15) is 10.1 Å². The SMILES string of the molecule is O=C1CCC=C2Nc3ncnn3C(c3ccc(F)cc3)C12. The summed E-state index contributed by atoms with van der Waals surface area (Å²) in [6.45, 7) is 0. The van der Waals surface area contributed by atoms with E-state index in [1.165, 1.54) is 18.5 Å². The number of nitrogens with zero attached hydrogens (tertiary/aromatic N) is 3. The van der Waals surface area contributed by atoms with Crippen LogP contribution < -0.4 is 5.32 Å². The number of aromatic nitrogens is 3. The van der Waals surface area contributed by atoms with Crippen molar-refractivity contribution in [1.82, 2.24) is 14.8 Å². The molecule has 2 aliphatic rings. The van der Waals surface area contributed by atoms with E-state index in [2.05, 4.69) is 15.4 Å². The zero-order valence-corrected chi connectivity index (χ0v) is 11.2. The van der Waals surface area contributed by atoms with Crippen LogP contribution in [0, 0.1) is 11.7 Å². The molecule has 2 heterocycles. The van der Waals surface area contributed by atoms with Crippen LogP contribution in [0.3, 0.4) is 0 Å². The van der Waals surface area contributed by atoms with E-state index in [-0.39, 0.29) is 23.6 Å². The van der Waals surface area contributed by atoms with Gasteiger partial charge in [0, 0.05) is 12.1 Å². The van der Waals surface area contributed by atoms with E-state index in [4.69, 9.17) is 0 Å². The fourth-order valence-electron chi connectivity index (χ4n) is 3.11. The number of carbonyl (C=O) groups excluding carboxylic acids is 1. The molecule has 1 aromatic heterocycles. The summed E-state index contributed by atoms with van der Waals surface area (Å²) in [5.41, 5.74) is 1.73. The van der Waals surface area contributed by atoms with Crippen LogP contribution in [0.5, 0.6) is 0 Å². The number of anilines is 1. The second kappa shape index (κ2) is 4.51. The summed E-state index contributed by atoms with van der Waals surface area (Å²) in [5, 5.41) is 7.41. The Balaban J connectivity index is 1.89. The molecule has 1 N–H and O–H groups in total. The summed E-state index contributed by atoms with van der Waals surface area (Å²) < 4.78 is 14.9. The van der Waals surface area contributed by atoms with Crippen LogP contribution >= 0.6 is 0 Å². The second-order valence-corrected chi connectivity index (χ2v) is 5.29. The maximum atomic E-state index is 13.2. The molecule has 0 fully saturated rings. The molecule has 0 radical (unpaired) electrons. The number of Topliss-reactive ketones (excluding diaryl/α,β-unsaturated/α-hetero) is 1. The number of rotatable bonds is 1. The van der Waals surface area contributed by atoms with E-state index in [0.29, 0.717) is 12.4 Å². The first kappa shape index (κ1) is 12.3. The molecule has 21 heavy (non-hydrogen) atoms. The highest BCUT2D eigenvalue weighted by Crippen LogP contribution is 2.40. The molecular formula is C15H13FN4O. The van der Waals surface area contributed by atoms with Crippen LogP contribution in [0.4, 0.5) is 10.3 Å². The van der Waals surface area contributed by atoms with E-state index in [9.17, 15) is 9.18 Å². The zero-order chi connectivity index (χ0) is 14.4. The number of carbonyl (C=O) groups is 1. The predicted molar refractivity (Wildman–Crippen MR) is 74.0 cm³/mol. The molecule has 0 spiro atoms. The number of nitrogens with one attached hydrogen (secondary N) is 1. The van der Waals surface area contributed by atoms with Crippen molar-refractivity contribution in [2.45, 2.75) is 18.9 Å². The van der Waals surface area contributed by atoms with Gasteiger partial charge in [-0.25, -0.2) is 9.07 Å². The van der Waals surface area contributed by atoms with Crippen molar-refractivity contribution >= 4 is 11.7 Å². The van der Waals surface area contributed by atoms with Crippen LogP contribution in [0.25, 0.3) is 0 Å². The molecule has 4 rings (SSSR count). The third-order valence-electron chi connectivity index (χ3n) is 4.06. The smallest absolute Gasteiger partial charge is 0.226 e. The monoisotopic (exact) mass is 284 g/mol. The van der Waals surface area contributed by atoms with Gasteiger partial charge < -0.3 is 5.32 Å². The minimum atomic E-state index is -0.307. The maximum Gasteiger partial charge on any atom is 0.226 e. The Kier molecular flexibility index (Phi) is 2.63. The summed E-state index contributed by atoms with van der Waals surface area (Å²) in [5.74, 6) is 0.188. The van der Waals surface area contributed by atoms with Crippen molar-refractivity contribution in [3.8, 4) is 0 Å². The highest BCUT2D eigenvalue weighted by molar-refractivity contribution is 5.87. The summed E-state index contributed by atoms with van der Waals surface area (Å²) >= 11 is 0. The van der Waals surface area contributed by atoms with E-state index in [1.807, 2.05) is 6.08 Å². The topological polar surface area (TPSA) is 59.8 Å². The summed E-state index contributed by atoms with van der Waals surface area (Å²) in [7, 11) is 0. The third kappa shape index (κ3) is 1.86. The van der Waals surface area contributed by atoms with Gasteiger partial charge in [0.15, 0.2) is 0 Å². The largest absolute Gasteiger partial charge is 0.328 e. The van der Waals surface area contributed by atoms with Gasteiger partial charge in [-0.05, 0) is 24.1 Å². The number of benzene rings is 1. The number of halogens is 1. The van der Waals surface area contributed by atoms with Crippen molar-refractivity contribution in [2.24, 2.45) is 5.92 Å². The van der Waals surface area contributed by atoms with Gasteiger partial charge in [0.25, 0.3) is 0 Å². The molecule has 1 aliphatic heterocycles. The summed E-state index contributed by atoms with van der Waals surface area (Å²) in [6.07, 6.45) is 4.77. The average molecular weight is 284 g/mol. The minimum Gasteiger partial charge on any atom is -0.328 e. The third-order valence-corrected chi connectivity index (χ3v) is 4.06. The van der Waals surface area contributed by atoms with Gasteiger partial charge in [-0.3, -0.25) is 4.79 Å². The molecule has 6 heteroatoms. The van der Waals surface area contributed by atoms with Gasteiger partial charge >= 0.3 is 0 Å². The Hall–Kier alpha value is -2.50. The van der Waals surface area contributed by atoms with Crippen molar-refractivity contribution in [3.63, 3.8) is 0 Å². The van der Waals surface area contributed by atoms with Crippen LogP contribution in [-0.4, -0.2) is 20.5 Å². The first-order valence-electron chi connectivity index (χ1n) is 6.89. The average Bonchev–Trinajstić information content (AvgIpc) is 2.94. The van der Waals surface area contributed by atoms with Crippen LogP contribution in [0.1, 0.15) is 24.4 Å². The van der Waals surface area contributed by atoms with Crippen LogP contribution in [0.15, 0.2) is 42.4 Å². The fraction of sp³-hybridized carbons (Fsp3) is 0.267. The molecule has 2 unspecified atom stereocenters. The standard InChI is InChI=1S/C15H13FN4O/c16-10-6-4-9(5-7-10)14-13-11(2-1-3-12(13)21)19-15-17-8-18-20(14)15/h2,4-8,13-14H,1,3H2,(H,17,18,19). The van der Waals surface area contributed by atoms with Crippen LogP contribution in [-0.2, 0) is 4.79 Å². The molecule has 2 aromatic rings. The van der Waals surface area contributed by atoms with Crippen molar-refractivity contribution in [3.05, 3.63) is 53.7 Å². The number of hydrogen-bond acceptors (Lipinski definition) is 4. The van der Waals surface area contributed by atoms with E-state index in [1.54, 1.807) is 16.8 Å². The molecule has 0 saturated heterocycles. The highest BCUT2D eigenvalue weighted by Gasteiger charge is 2.40. The molecule has 1 aliphatic carbocycles. The lowest BCUT2D eigenvalue weighted by Crippen LogP contribution is -2.38. The maximum absolute atomic E-state index is 13.2. The quantitative estimate of drug-likeness (QED) is 0.873. The molecular weight excluding hydrogens is 271 g/mol. The van der Waals surface area contributed by atoms with E-state index in [0.717, 1.165) is 17.7 Å². The number of allylic oxidation sites excluding steroid dienone is 2. The van der Waals surface area contributed by atoms with Gasteiger partial charge in [0.1, 0.15) is 17.9 Å². The Bertz CT molecular complexity index is 734. The molecule has 0 bridgehead atoms. The molecule has 0 saturated carbocycles. The van der Waals surface area contributed by atoms with E-state index >= 15 is 0 Å². The lowest BCUT2D eigenvalue weighted by molar-refractivity contribution is -0.123. The molecule has 0 amide bonds. The number of hydrogen-bond donors (Lipinski definition) is 1. The molecule has 2 atom stereocenters. The Morgan fingerprint density at radius 1 is 1.29 bits per heavy atom. The number of fused-ring (bicyclic) bond motifs is 2. The van der Waals surface area contributed by atoms with Gasteiger partial charge in [-0.1, -0.05) is 18.2 Å². The van der Waals surface area contributed by atoms with Gasteiger partial charge in [0.05, 0.1) is 12.0 Å². The lowest BCUT2D eigenvalue weighted by atomic mass is 9.81. The van der Waals surface area contributed by atoms with Gasteiger partial charge in [0.2, 0.25) is 5.95 Å². The highest BCUT2D eigenvalue weighted by atomic mass is 19.1. The predicted octanol–water partition coefficient (Wildman–Crippen LogP) is 2.30. The first-order valence-corrected chi connectivity index (χ1v) is 6.89. The lowest BCUT2D eigenvalue weighted by Gasteiger charge is -2.36. The minimum absolute atomic E-state index is 0.176. The van der Waals surface area contributed by atoms with Crippen molar-refractivity contribution in [2.75, 3.05) is 5.32 Å². The van der Waals surface area contributed by atoms with Crippen molar-refractivity contribution in [1.29, 1.82) is 0 Å². The Labute approximate surface area is 120 Å². The van der Waals surface area contributed by atoms with Crippen molar-refractivity contribution < 1.29 is 9.18 Å². The summed E-state index contributed by atoms with van der Waals surface area (Å²) in [6, 6.07) is 5.95.